The van der Waals surface area contributed by atoms with Crippen LogP contribution in [0.4, 0.5) is 0 Å². The van der Waals surface area contributed by atoms with Gasteiger partial charge in [-0.15, -0.1) is 0 Å². The minimum absolute atomic E-state index is 0.0259. The molecule has 148 valence electrons. The molecule has 6 heteroatoms. The van der Waals surface area contributed by atoms with Gasteiger partial charge in [-0.05, 0) is 12.0 Å². The Morgan fingerprint density at radius 3 is 2.59 bits per heavy atom. The normalized spacial score (nSPS) is 16.2. The molecule has 6 nitrogen and oxygen atoms in total. The summed E-state index contributed by atoms with van der Waals surface area (Å²) in [5.74, 6) is 0.624. The Morgan fingerprint density at radius 1 is 1.10 bits per heavy atom. The minimum atomic E-state index is -0.417. The standard InChI is InChI=1S/C23H23N3O3/c27-22-12-11-20(26(22)16-17-7-3-1-4-8-17)23(28)24-14-13-19-15-21(29-25-19)18-9-5-2-6-10-18/h1-10,15,20H,11-14,16H2,(H,24,28). The van der Waals surface area contributed by atoms with Gasteiger partial charge in [0, 0.05) is 37.6 Å². The molecule has 1 atom stereocenters. The molecule has 1 saturated heterocycles. The first-order valence-electron chi connectivity index (χ1n) is 9.83. The highest BCUT2D eigenvalue weighted by molar-refractivity contribution is 5.90. The molecule has 0 aliphatic carbocycles. The first kappa shape index (κ1) is 18.9. The van der Waals surface area contributed by atoms with Gasteiger partial charge < -0.3 is 14.7 Å². The van der Waals surface area contributed by atoms with Crippen molar-refractivity contribution in [3.63, 3.8) is 0 Å². The van der Waals surface area contributed by atoms with E-state index in [1.807, 2.05) is 66.7 Å². The second-order valence-electron chi connectivity index (χ2n) is 7.15. The molecule has 2 aromatic carbocycles. The van der Waals surface area contributed by atoms with Gasteiger partial charge in [-0.2, -0.15) is 0 Å². The molecule has 1 N–H and O–H groups in total. The average molecular weight is 389 g/mol. The van der Waals surface area contributed by atoms with Crippen LogP contribution in [0.5, 0.6) is 0 Å². The first-order chi connectivity index (χ1) is 14.2. The molecule has 1 aliphatic heterocycles. The number of nitrogens with one attached hydrogen (secondary N) is 1. The van der Waals surface area contributed by atoms with Crippen LogP contribution in [0.2, 0.25) is 0 Å². The van der Waals surface area contributed by atoms with Crippen molar-refractivity contribution in [1.82, 2.24) is 15.4 Å². The van der Waals surface area contributed by atoms with E-state index in [4.69, 9.17) is 4.52 Å². The van der Waals surface area contributed by atoms with Crippen LogP contribution in [0.3, 0.4) is 0 Å². The van der Waals surface area contributed by atoms with E-state index in [9.17, 15) is 9.59 Å². The van der Waals surface area contributed by atoms with Crippen molar-refractivity contribution in [1.29, 1.82) is 0 Å². The fourth-order valence-corrected chi connectivity index (χ4v) is 3.58. The Labute approximate surface area is 169 Å². The van der Waals surface area contributed by atoms with Gasteiger partial charge in [-0.3, -0.25) is 9.59 Å². The third-order valence-corrected chi connectivity index (χ3v) is 5.12. The van der Waals surface area contributed by atoms with E-state index < -0.39 is 6.04 Å². The molecule has 0 bridgehead atoms. The Kier molecular flexibility index (Phi) is 5.70. The molecular formula is C23H23N3O3. The highest BCUT2D eigenvalue weighted by atomic mass is 16.5. The number of aromatic nitrogens is 1. The maximum absolute atomic E-state index is 12.7. The fraction of sp³-hybridized carbons (Fsp3) is 0.261. The zero-order valence-electron chi connectivity index (χ0n) is 16.1. The van der Waals surface area contributed by atoms with E-state index in [0.29, 0.717) is 38.1 Å². The Morgan fingerprint density at radius 2 is 1.83 bits per heavy atom. The number of hydrogen-bond donors (Lipinski definition) is 1. The summed E-state index contributed by atoms with van der Waals surface area (Å²) in [6.45, 7) is 0.908. The van der Waals surface area contributed by atoms with Crippen LogP contribution >= 0.6 is 0 Å². The van der Waals surface area contributed by atoms with Gasteiger partial charge in [0.15, 0.2) is 5.76 Å². The van der Waals surface area contributed by atoms with Crippen molar-refractivity contribution in [2.75, 3.05) is 6.54 Å². The molecule has 3 aromatic rings. The lowest BCUT2D eigenvalue weighted by atomic mass is 10.1. The molecule has 0 spiro atoms. The van der Waals surface area contributed by atoms with Crippen LogP contribution in [0.1, 0.15) is 24.1 Å². The number of benzene rings is 2. The number of rotatable bonds is 7. The number of carbonyl (C=O) groups is 2. The number of carbonyl (C=O) groups excluding carboxylic acids is 2. The number of hydrogen-bond acceptors (Lipinski definition) is 4. The topological polar surface area (TPSA) is 75.4 Å². The van der Waals surface area contributed by atoms with Crippen LogP contribution in [0, 0.1) is 0 Å². The van der Waals surface area contributed by atoms with Crippen LogP contribution in [-0.4, -0.2) is 34.5 Å². The predicted molar refractivity (Wildman–Crippen MR) is 109 cm³/mol. The summed E-state index contributed by atoms with van der Waals surface area (Å²) >= 11 is 0. The molecule has 1 aliphatic rings. The summed E-state index contributed by atoms with van der Waals surface area (Å²) in [5.41, 5.74) is 2.78. The summed E-state index contributed by atoms with van der Waals surface area (Å²) in [5, 5.41) is 7.02. The zero-order valence-corrected chi connectivity index (χ0v) is 16.1. The van der Waals surface area contributed by atoms with Crippen LogP contribution in [0.25, 0.3) is 11.3 Å². The second-order valence-corrected chi connectivity index (χ2v) is 7.15. The number of nitrogens with zero attached hydrogens (tertiary/aromatic N) is 2. The third-order valence-electron chi connectivity index (χ3n) is 5.12. The van der Waals surface area contributed by atoms with Crippen molar-refractivity contribution in [2.24, 2.45) is 0 Å². The van der Waals surface area contributed by atoms with E-state index in [0.717, 1.165) is 16.8 Å². The lowest BCUT2D eigenvalue weighted by Crippen LogP contribution is -2.44. The molecule has 0 radical (unpaired) electrons. The van der Waals surface area contributed by atoms with E-state index in [-0.39, 0.29) is 11.8 Å². The van der Waals surface area contributed by atoms with Crippen molar-refractivity contribution >= 4 is 11.8 Å². The van der Waals surface area contributed by atoms with Crippen molar-refractivity contribution in [3.8, 4) is 11.3 Å². The molecule has 0 saturated carbocycles. The SMILES string of the molecule is O=C(NCCc1cc(-c2ccccc2)on1)C1CCC(=O)N1Cc1ccccc1. The monoisotopic (exact) mass is 389 g/mol. The number of amides is 2. The fourth-order valence-electron chi connectivity index (χ4n) is 3.58. The third kappa shape index (κ3) is 4.54. The maximum Gasteiger partial charge on any atom is 0.242 e. The molecule has 1 aromatic heterocycles. The second kappa shape index (κ2) is 8.73. The van der Waals surface area contributed by atoms with Crippen LogP contribution in [0.15, 0.2) is 71.3 Å². The smallest absolute Gasteiger partial charge is 0.242 e. The number of likely N-dealkylation sites (tertiary alicyclic amines) is 1. The van der Waals surface area contributed by atoms with E-state index in [1.165, 1.54) is 0 Å². The molecule has 2 heterocycles. The molecule has 1 unspecified atom stereocenters. The summed E-state index contributed by atoms with van der Waals surface area (Å²) in [7, 11) is 0. The van der Waals surface area contributed by atoms with Gasteiger partial charge in [0.05, 0.1) is 5.69 Å². The van der Waals surface area contributed by atoms with Crippen molar-refractivity contribution in [2.45, 2.75) is 31.8 Å². The Balaban J connectivity index is 1.31. The lowest BCUT2D eigenvalue weighted by molar-refractivity contribution is -0.135. The van der Waals surface area contributed by atoms with E-state index >= 15 is 0 Å². The van der Waals surface area contributed by atoms with Gasteiger partial charge >= 0.3 is 0 Å². The molecule has 29 heavy (non-hydrogen) atoms. The highest BCUT2D eigenvalue weighted by Gasteiger charge is 2.35. The van der Waals surface area contributed by atoms with Gasteiger partial charge in [-0.25, -0.2) is 0 Å². The quantitative estimate of drug-likeness (QED) is 0.673. The van der Waals surface area contributed by atoms with Gasteiger partial charge in [-0.1, -0.05) is 65.8 Å². The predicted octanol–water partition coefficient (Wildman–Crippen LogP) is 3.19. The van der Waals surface area contributed by atoms with Crippen LogP contribution in [-0.2, 0) is 22.6 Å². The van der Waals surface area contributed by atoms with Gasteiger partial charge in [0.2, 0.25) is 11.8 Å². The van der Waals surface area contributed by atoms with Gasteiger partial charge in [0.1, 0.15) is 6.04 Å². The molecule has 4 rings (SSSR count). The van der Waals surface area contributed by atoms with E-state index in [2.05, 4.69) is 10.5 Å². The maximum atomic E-state index is 12.7. The molecular weight excluding hydrogens is 366 g/mol. The lowest BCUT2D eigenvalue weighted by Gasteiger charge is -2.24. The van der Waals surface area contributed by atoms with Crippen molar-refractivity contribution < 1.29 is 14.1 Å². The van der Waals surface area contributed by atoms with Crippen LogP contribution < -0.4 is 5.32 Å². The summed E-state index contributed by atoms with van der Waals surface area (Å²) in [6, 6.07) is 21.0. The summed E-state index contributed by atoms with van der Waals surface area (Å²) in [4.78, 5) is 26.6. The average Bonchev–Trinajstić information content (AvgIpc) is 3.37. The summed E-state index contributed by atoms with van der Waals surface area (Å²) in [6.07, 6.45) is 1.54. The summed E-state index contributed by atoms with van der Waals surface area (Å²) < 4.78 is 5.39. The van der Waals surface area contributed by atoms with Gasteiger partial charge in [0.25, 0.3) is 0 Å². The molecule has 2 amide bonds. The zero-order chi connectivity index (χ0) is 20.1. The van der Waals surface area contributed by atoms with E-state index in [1.54, 1.807) is 4.90 Å². The first-order valence-corrected chi connectivity index (χ1v) is 9.83. The Hall–Kier alpha value is -3.41. The van der Waals surface area contributed by atoms with Crippen molar-refractivity contribution in [3.05, 3.63) is 78.0 Å². The Bertz CT molecular complexity index is 969. The molecule has 1 fully saturated rings. The highest BCUT2D eigenvalue weighted by Crippen LogP contribution is 2.22. The largest absolute Gasteiger partial charge is 0.356 e. The minimum Gasteiger partial charge on any atom is -0.356 e.